The molecule has 96 valence electrons. The van der Waals surface area contributed by atoms with Crippen molar-refractivity contribution in [3.63, 3.8) is 0 Å². The van der Waals surface area contributed by atoms with E-state index in [9.17, 15) is 4.79 Å². The molecule has 0 spiro atoms. The van der Waals surface area contributed by atoms with Gasteiger partial charge in [-0.1, -0.05) is 0 Å². The molecule has 0 saturated carbocycles. The fourth-order valence-corrected chi connectivity index (χ4v) is 3.76. The van der Waals surface area contributed by atoms with Crippen molar-refractivity contribution in [3.8, 4) is 0 Å². The Bertz CT molecular complexity index is 595. The van der Waals surface area contributed by atoms with Gasteiger partial charge in [0.15, 0.2) is 0 Å². The van der Waals surface area contributed by atoms with Gasteiger partial charge in [-0.05, 0) is 52.5 Å². The molecule has 3 nitrogen and oxygen atoms in total. The second-order valence-corrected chi connectivity index (χ2v) is 6.45. The van der Waals surface area contributed by atoms with E-state index in [-0.39, 0.29) is 6.03 Å². The highest BCUT2D eigenvalue weighted by Crippen LogP contribution is 2.33. The molecule has 1 N–H and O–H groups in total. The molecule has 0 bridgehead atoms. The van der Waals surface area contributed by atoms with Crippen LogP contribution in [0.5, 0.6) is 0 Å². The molecule has 0 saturated heterocycles. The molecular weight excluding hydrogens is 296 g/mol. The first-order chi connectivity index (χ1) is 9.34. The van der Waals surface area contributed by atoms with E-state index in [0.717, 1.165) is 15.0 Å². The van der Waals surface area contributed by atoms with Gasteiger partial charge >= 0.3 is 6.03 Å². The van der Waals surface area contributed by atoms with Gasteiger partial charge < -0.3 is 0 Å². The lowest BCUT2D eigenvalue weighted by atomic mass is 10.5. The van der Waals surface area contributed by atoms with Crippen LogP contribution < -0.4 is 10.2 Å². The zero-order valence-corrected chi connectivity index (χ0v) is 12.2. The van der Waals surface area contributed by atoms with Crippen LogP contribution in [0.15, 0.2) is 52.5 Å². The molecular formula is C13H10N2OS3. The number of carbonyl (C=O) groups excluding carboxylic acids is 1. The van der Waals surface area contributed by atoms with Gasteiger partial charge in [0, 0.05) is 0 Å². The molecule has 0 atom stereocenters. The summed E-state index contributed by atoms with van der Waals surface area (Å²) in [6, 6.07) is 11.5. The number of rotatable bonds is 3. The van der Waals surface area contributed by atoms with E-state index in [4.69, 9.17) is 0 Å². The standard InChI is InChI=1S/C13H10N2OS3/c16-13(14-10-4-1-7-17-10)15(11-5-2-8-18-11)12-6-3-9-19-12/h1-9H,(H,14,16). The average molecular weight is 306 g/mol. The second kappa shape index (κ2) is 5.56. The minimum atomic E-state index is -0.132. The third-order valence-corrected chi connectivity index (χ3v) is 4.90. The molecule has 3 aromatic heterocycles. The lowest BCUT2D eigenvalue weighted by Gasteiger charge is -2.19. The molecule has 0 aromatic carbocycles. The number of urea groups is 1. The van der Waals surface area contributed by atoms with Crippen molar-refractivity contribution >= 4 is 55.0 Å². The Labute approximate surface area is 122 Å². The van der Waals surface area contributed by atoms with E-state index < -0.39 is 0 Å². The van der Waals surface area contributed by atoms with Gasteiger partial charge in [0.05, 0.1) is 5.00 Å². The van der Waals surface area contributed by atoms with E-state index in [1.165, 1.54) is 11.3 Å². The van der Waals surface area contributed by atoms with Gasteiger partial charge in [0.2, 0.25) is 0 Å². The van der Waals surface area contributed by atoms with Crippen LogP contribution in [-0.4, -0.2) is 6.03 Å². The molecule has 0 radical (unpaired) electrons. The molecule has 19 heavy (non-hydrogen) atoms. The van der Waals surface area contributed by atoms with Crippen molar-refractivity contribution < 1.29 is 4.79 Å². The van der Waals surface area contributed by atoms with Crippen molar-refractivity contribution in [2.24, 2.45) is 0 Å². The maximum Gasteiger partial charge on any atom is 0.332 e. The maximum absolute atomic E-state index is 12.4. The van der Waals surface area contributed by atoms with Crippen molar-refractivity contribution in [1.29, 1.82) is 0 Å². The average Bonchev–Trinajstić information content (AvgIpc) is 3.11. The van der Waals surface area contributed by atoms with Gasteiger partial charge in [-0.15, -0.1) is 34.0 Å². The molecule has 0 aliphatic rings. The Balaban J connectivity index is 1.89. The third-order valence-electron chi connectivity index (χ3n) is 2.41. The Morgan fingerprint density at radius 2 is 1.47 bits per heavy atom. The highest BCUT2D eigenvalue weighted by Gasteiger charge is 2.20. The minimum absolute atomic E-state index is 0.132. The SMILES string of the molecule is O=C(Nc1cccs1)N(c1cccs1)c1cccs1. The van der Waals surface area contributed by atoms with E-state index in [0.29, 0.717) is 0 Å². The fourth-order valence-electron chi connectivity index (χ4n) is 1.61. The fraction of sp³-hybridized carbons (Fsp3) is 0. The molecule has 3 heterocycles. The first-order valence-electron chi connectivity index (χ1n) is 5.56. The van der Waals surface area contributed by atoms with Crippen LogP contribution in [0.25, 0.3) is 0 Å². The van der Waals surface area contributed by atoms with E-state index in [2.05, 4.69) is 5.32 Å². The number of nitrogens with zero attached hydrogens (tertiary/aromatic N) is 1. The van der Waals surface area contributed by atoms with Gasteiger partial charge in [-0.25, -0.2) is 9.69 Å². The van der Waals surface area contributed by atoms with Crippen molar-refractivity contribution in [2.75, 3.05) is 10.2 Å². The monoisotopic (exact) mass is 306 g/mol. The Morgan fingerprint density at radius 3 is 1.95 bits per heavy atom. The second-order valence-electron chi connectivity index (χ2n) is 3.65. The summed E-state index contributed by atoms with van der Waals surface area (Å²) >= 11 is 4.60. The van der Waals surface area contributed by atoms with Crippen molar-refractivity contribution in [3.05, 3.63) is 52.5 Å². The molecule has 0 fully saturated rings. The lowest BCUT2D eigenvalue weighted by Crippen LogP contribution is -2.29. The molecule has 6 heteroatoms. The number of carbonyl (C=O) groups is 1. The summed E-state index contributed by atoms with van der Waals surface area (Å²) in [6.45, 7) is 0. The zero-order chi connectivity index (χ0) is 13.1. The first-order valence-corrected chi connectivity index (χ1v) is 8.20. The number of thiophene rings is 3. The largest absolute Gasteiger partial charge is 0.332 e. The number of anilines is 3. The predicted molar refractivity (Wildman–Crippen MR) is 84.1 cm³/mol. The number of nitrogens with one attached hydrogen (secondary N) is 1. The predicted octanol–water partition coefficient (Wildman–Crippen LogP) is 5.24. The number of amides is 2. The minimum Gasteiger partial charge on any atom is -0.299 e. The summed E-state index contributed by atoms with van der Waals surface area (Å²) in [6.07, 6.45) is 0. The highest BCUT2D eigenvalue weighted by atomic mass is 32.1. The summed E-state index contributed by atoms with van der Waals surface area (Å²) in [5.41, 5.74) is 0. The topological polar surface area (TPSA) is 32.3 Å². The lowest BCUT2D eigenvalue weighted by molar-refractivity contribution is 0.259. The van der Waals surface area contributed by atoms with E-state index in [1.54, 1.807) is 27.6 Å². The summed E-state index contributed by atoms with van der Waals surface area (Å²) in [5, 5.41) is 11.5. The zero-order valence-electron chi connectivity index (χ0n) is 9.78. The van der Waals surface area contributed by atoms with Crippen LogP contribution in [0, 0.1) is 0 Å². The smallest absolute Gasteiger partial charge is 0.299 e. The van der Waals surface area contributed by atoms with Crippen LogP contribution in [0.1, 0.15) is 0 Å². The van der Waals surface area contributed by atoms with E-state index >= 15 is 0 Å². The maximum atomic E-state index is 12.4. The van der Waals surface area contributed by atoms with Gasteiger partial charge in [-0.3, -0.25) is 5.32 Å². The molecule has 0 aliphatic heterocycles. The third kappa shape index (κ3) is 2.70. The molecule has 2 amide bonds. The summed E-state index contributed by atoms with van der Waals surface area (Å²) in [5.74, 6) is 0. The normalized spacial score (nSPS) is 10.3. The van der Waals surface area contributed by atoms with Crippen molar-refractivity contribution in [2.45, 2.75) is 0 Å². The molecule has 3 rings (SSSR count). The molecule has 0 aliphatic carbocycles. The number of hydrogen-bond acceptors (Lipinski definition) is 4. The van der Waals surface area contributed by atoms with Crippen molar-refractivity contribution in [1.82, 2.24) is 0 Å². The first kappa shape index (κ1) is 12.4. The van der Waals surface area contributed by atoms with Crippen LogP contribution in [0.2, 0.25) is 0 Å². The van der Waals surface area contributed by atoms with Crippen LogP contribution in [-0.2, 0) is 0 Å². The van der Waals surface area contributed by atoms with E-state index in [1.807, 2.05) is 52.5 Å². The molecule has 0 unspecified atom stereocenters. The Kier molecular flexibility index (Phi) is 3.63. The Hall–Kier alpha value is -1.63. The van der Waals surface area contributed by atoms with Crippen LogP contribution in [0.4, 0.5) is 19.8 Å². The van der Waals surface area contributed by atoms with Crippen LogP contribution in [0.3, 0.4) is 0 Å². The van der Waals surface area contributed by atoms with Gasteiger partial charge in [0.1, 0.15) is 10.0 Å². The summed E-state index contributed by atoms with van der Waals surface area (Å²) in [7, 11) is 0. The highest BCUT2D eigenvalue weighted by molar-refractivity contribution is 7.17. The number of hydrogen-bond donors (Lipinski definition) is 1. The van der Waals surface area contributed by atoms with Gasteiger partial charge in [-0.2, -0.15) is 0 Å². The Morgan fingerprint density at radius 1 is 0.895 bits per heavy atom. The molecule has 3 aromatic rings. The summed E-state index contributed by atoms with van der Waals surface area (Å²) < 4.78 is 0. The van der Waals surface area contributed by atoms with Gasteiger partial charge in [0.25, 0.3) is 0 Å². The van der Waals surface area contributed by atoms with Crippen LogP contribution >= 0.6 is 34.0 Å². The quantitative estimate of drug-likeness (QED) is 0.705. The summed E-state index contributed by atoms with van der Waals surface area (Å²) in [4.78, 5) is 14.1.